The van der Waals surface area contributed by atoms with Crippen LogP contribution in [0.2, 0.25) is 0 Å². The number of hydrogen-bond acceptors (Lipinski definition) is 1. The average Bonchev–Trinajstić information content (AvgIpc) is 2.30. The number of halogens is 1. The smallest absolute Gasteiger partial charge is 0.135 e. The van der Waals surface area contributed by atoms with Crippen molar-refractivity contribution in [3.8, 4) is 0 Å². The normalized spacial score (nSPS) is 10.7. The van der Waals surface area contributed by atoms with E-state index in [2.05, 4.69) is 22.9 Å². The van der Waals surface area contributed by atoms with Gasteiger partial charge < -0.3 is 4.42 Å². The predicted molar refractivity (Wildman–Crippen MR) is 48.4 cm³/mol. The van der Waals surface area contributed by atoms with Crippen LogP contribution < -0.4 is 0 Å². The molecule has 0 amide bonds. The maximum atomic E-state index is 5.34. The molecule has 1 aromatic heterocycles. The molecular weight excluding hydrogens is 204 g/mol. The van der Waals surface area contributed by atoms with Crippen LogP contribution in [0.1, 0.15) is 5.76 Å². The summed E-state index contributed by atoms with van der Waals surface area (Å²) >= 11 is 3.39. The molecule has 2 heteroatoms. The summed E-state index contributed by atoms with van der Waals surface area (Å²) in [7, 11) is 0. The van der Waals surface area contributed by atoms with Gasteiger partial charge in [0, 0.05) is 12.3 Å². The Kier molecular flexibility index (Phi) is 1.50. The molecule has 1 aromatic carbocycles. The summed E-state index contributed by atoms with van der Waals surface area (Å²) in [4.78, 5) is 0. The largest absolute Gasteiger partial charge is 0.460 e. The molecule has 0 atom stereocenters. The van der Waals surface area contributed by atoms with E-state index in [1.165, 1.54) is 0 Å². The first-order valence-electron chi connectivity index (χ1n) is 3.28. The average molecular weight is 210 g/mol. The lowest BCUT2D eigenvalue weighted by Gasteiger charge is -1.83. The van der Waals surface area contributed by atoms with Crippen molar-refractivity contribution < 1.29 is 4.42 Å². The minimum absolute atomic E-state index is 0.686. The highest BCUT2D eigenvalue weighted by atomic mass is 79.9. The Morgan fingerprint density at radius 1 is 1.27 bits per heavy atom. The number of para-hydroxylation sites is 1. The van der Waals surface area contributed by atoms with E-state index in [0.717, 1.165) is 15.4 Å². The molecular formula is C9H6BrO. The molecule has 0 N–H and O–H groups in total. The van der Waals surface area contributed by atoms with Crippen LogP contribution in [0.3, 0.4) is 0 Å². The van der Waals surface area contributed by atoms with Crippen molar-refractivity contribution in [2.75, 3.05) is 0 Å². The second-order valence-corrected chi connectivity index (χ2v) is 3.13. The number of rotatable bonds is 0. The van der Waals surface area contributed by atoms with Crippen molar-refractivity contribution in [3.05, 3.63) is 41.4 Å². The van der Waals surface area contributed by atoms with Crippen molar-refractivity contribution in [2.45, 2.75) is 0 Å². The Morgan fingerprint density at radius 3 is 2.73 bits per heavy atom. The first kappa shape index (κ1) is 6.92. The molecule has 2 aromatic rings. The van der Waals surface area contributed by atoms with E-state index >= 15 is 0 Å². The standard InChI is InChI=1S/C9H6BrO/c1-6-9(10)7-4-2-3-5-8(7)11-6/h2-5H,1H2. The first-order chi connectivity index (χ1) is 5.29. The maximum absolute atomic E-state index is 5.34. The Morgan fingerprint density at radius 2 is 2.00 bits per heavy atom. The van der Waals surface area contributed by atoms with Crippen LogP contribution in [0, 0.1) is 6.92 Å². The SMILES string of the molecule is [CH2]c1oc2ccccc2c1Br. The number of fused-ring (bicyclic) bond motifs is 1. The monoisotopic (exact) mass is 209 g/mol. The van der Waals surface area contributed by atoms with E-state index < -0.39 is 0 Å². The second-order valence-electron chi connectivity index (χ2n) is 2.34. The van der Waals surface area contributed by atoms with Gasteiger partial charge in [0.05, 0.1) is 4.47 Å². The summed E-state index contributed by atoms with van der Waals surface area (Å²) in [6.07, 6.45) is 0. The van der Waals surface area contributed by atoms with Gasteiger partial charge in [-0.2, -0.15) is 0 Å². The number of hydrogen-bond donors (Lipinski definition) is 0. The summed E-state index contributed by atoms with van der Waals surface area (Å²) in [6.45, 7) is 3.74. The Balaban J connectivity index is 2.92. The Bertz CT molecular complexity index is 389. The molecule has 0 unspecified atom stereocenters. The highest BCUT2D eigenvalue weighted by Crippen LogP contribution is 2.29. The molecule has 2 rings (SSSR count). The molecule has 0 fully saturated rings. The van der Waals surface area contributed by atoms with Crippen molar-refractivity contribution in [2.24, 2.45) is 0 Å². The maximum Gasteiger partial charge on any atom is 0.135 e. The van der Waals surface area contributed by atoms with Crippen molar-refractivity contribution in [1.29, 1.82) is 0 Å². The highest BCUT2D eigenvalue weighted by Gasteiger charge is 2.05. The zero-order valence-electron chi connectivity index (χ0n) is 5.80. The molecule has 0 aliphatic rings. The molecule has 0 aliphatic carbocycles. The fourth-order valence-corrected chi connectivity index (χ4v) is 1.47. The van der Waals surface area contributed by atoms with Gasteiger partial charge in [0.1, 0.15) is 11.3 Å². The third-order valence-electron chi connectivity index (χ3n) is 1.60. The number of benzene rings is 1. The van der Waals surface area contributed by atoms with Crippen molar-refractivity contribution in [1.82, 2.24) is 0 Å². The first-order valence-corrected chi connectivity index (χ1v) is 4.07. The van der Waals surface area contributed by atoms with Crippen LogP contribution in [-0.4, -0.2) is 0 Å². The second kappa shape index (κ2) is 2.38. The minimum atomic E-state index is 0.686. The molecule has 1 radical (unpaired) electrons. The molecule has 0 saturated carbocycles. The molecule has 0 spiro atoms. The van der Waals surface area contributed by atoms with Crippen LogP contribution >= 0.6 is 15.9 Å². The molecule has 1 nitrogen and oxygen atoms in total. The van der Waals surface area contributed by atoms with Gasteiger partial charge in [-0.1, -0.05) is 12.1 Å². The summed E-state index contributed by atoms with van der Waals surface area (Å²) in [5, 5.41) is 1.08. The quantitative estimate of drug-likeness (QED) is 0.649. The van der Waals surface area contributed by atoms with Gasteiger partial charge >= 0.3 is 0 Å². The van der Waals surface area contributed by atoms with Gasteiger partial charge in [0.25, 0.3) is 0 Å². The fraction of sp³-hybridized carbons (Fsp3) is 0. The van der Waals surface area contributed by atoms with Gasteiger partial charge in [-0.3, -0.25) is 0 Å². The summed E-state index contributed by atoms with van der Waals surface area (Å²) < 4.78 is 6.29. The molecule has 1 heterocycles. The molecule has 55 valence electrons. The third-order valence-corrected chi connectivity index (χ3v) is 2.47. The minimum Gasteiger partial charge on any atom is -0.460 e. The predicted octanol–water partition coefficient (Wildman–Crippen LogP) is 3.38. The summed E-state index contributed by atoms with van der Waals surface area (Å²) in [5.74, 6) is 0.686. The highest BCUT2D eigenvalue weighted by molar-refractivity contribution is 9.10. The zero-order chi connectivity index (χ0) is 7.84. The van der Waals surface area contributed by atoms with E-state index in [1.807, 2.05) is 24.3 Å². The van der Waals surface area contributed by atoms with Gasteiger partial charge in [-0.05, 0) is 28.1 Å². The van der Waals surface area contributed by atoms with Crippen molar-refractivity contribution >= 4 is 26.9 Å². The van der Waals surface area contributed by atoms with Gasteiger partial charge in [0.15, 0.2) is 0 Å². The van der Waals surface area contributed by atoms with E-state index in [0.29, 0.717) is 5.76 Å². The Hall–Kier alpha value is -0.760. The topological polar surface area (TPSA) is 13.1 Å². The van der Waals surface area contributed by atoms with Gasteiger partial charge in [-0.25, -0.2) is 0 Å². The molecule has 0 saturated heterocycles. The van der Waals surface area contributed by atoms with Crippen LogP contribution in [0.15, 0.2) is 33.2 Å². The molecule has 0 aliphatic heterocycles. The van der Waals surface area contributed by atoms with Gasteiger partial charge in [0.2, 0.25) is 0 Å². The summed E-state index contributed by atoms with van der Waals surface area (Å²) in [6, 6.07) is 7.84. The molecule has 11 heavy (non-hydrogen) atoms. The van der Waals surface area contributed by atoms with Gasteiger partial charge in [-0.15, -0.1) is 0 Å². The third kappa shape index (κ3) is 0.979. The lowest BCUT2D eigenvalue weighted by Crippen LogP contribution is -1.62. The summed E-state index contributed by atoms with van der Waals surface area (Å²) in [5.41, 5.74) is 0.879. The van der Waals surface area contributed by atoms with Crippen molar-refractivity contribution in [3.63, 3.8) is 0 Å². The van der Waals surface area contributed by atoms with Crippen LogP contribution in [-0.2, 0) is 0 Å². The Labute approximate surface area is 73.1 Å². The van der Waals surface area contributed by atoms with E-state index in [1.54, 1.807) is 0 Å². The van der Waals surface area contributed by atoms with E-state index in [4.69, 9.17) is 4.42 Å². The fourth-order valence-electron chi connectivity index (χ4n) is 1.06. The zero-order valence-corrected chi connectivity index (χ0v) is 7.39. The van der Waals surface area contributed by atoms with E-state index in [9.17, 15) is 0 Å². The van der Waals surface area contributed by atoms with Crippen LogP contribution in [0.4, 0.5) is 0 Å². The van der Waals surface area contributed by atoms with Crippen LogP contribution in [0.25, 0.3) is 11.0 Å². The molecule has 0 bridgehead atoms. The lowest BCUT2D eigenvalue weighted by molar-refractivity contribution is 0.593. The lowest BCUT2D eigenvalue weighted by atomic mass is 10.2. The van der Waals surface area contributed by atoms with Crippen LogP contribution in [0.5, 0.6) is 0 Å². The number of furan rings is 1. The van der Waals surface area contributed by atoms with E-state index in [-0.39, 0.29) is 0 Å².